The highest BCUT2D eigenvalue weighted by Crippen LogP contribution is 2.30. The van der Waals surface area contributed by atoms with Gasteiger partial charge in [0.1, 0.15) is 0 Å². The molecule has 7 nitrogen and oxygen atoms in total. The largest absolute Gasteiger partial charge is 0.471 e. The van der Waals surface area contributed by atoms with Gasteiger partial charge in [-0.05, 0) is 50.1 Å². The average molecular weight is 498 g/mol. The van der Waals surface area contributed by atoms with Crippen LogP contribution in [0.5, 0.6) is 0 Å². The number of fused-ring (bicyclic) bond motifs is 2. The summed E-state index contributed by atoms with van der Waals surface area (Å²) in [5, 5.41) is 3.12. The highest BCUT2D eigenvalue weighted by molar-refractivity contribution is 5.98. The van der Waals surface area contributed by atoms with Crippen LogP contribution in [0.4, 0.5) is 13.2 Å². The van der Waals surface area contributed by atoms with Crippen molar-refractivity contribution in [2.75, 3.05) is 13.1 Å². The van der Waals surface area contributed by atoms with Crippen molar-refractivity contribution < 1.29 is 22.8 Å². The maximum Gasteiger partial charge on any atom is 0.471 e. The van der Waals surface area contributed by atoms with Crippen LogP contribution >= 0.6 is 0 Å². The minimum atomic E-state index is -4.95. The van der Waals surface area contributed by atoms with E-state index in [0.29, 0.717) is 30.5 Å². The number of aryl methyl sites for hydroxylation is 2. The first-order valence-corrected chi connectivity index (χ1v) is 11.9. The Morgan fingerprint density at radius 2 is 1.89 bits per heavy atom. The van der Waals surface area contributed by atoms with Gasteiger partial charge in [-0.15, -0.1) is 0 Å². The number of hydrogen-bond acceptors (Lipinski definition) is 3. The van der Waals surface area contributed by atoms with Crippen molar-refractivity contribution in [3.8, 4) is 11.5 Å². The van der Waals surface area contributed by atoms with Gasteiger partial charge in [-0.2, -0.15) is 13.2 Å². The van der Waals surface area contributed by atoms with Gasteiger partial charge in [0.05, 0.1) is 16.7 Å². The Morgan fingerprint density at radius 3 is 2.64 bits per heavy atom. The summed E-state index contributed by atoms with van der Waals surface area (Å²) in [5.74, 6) is -1.49. The van der Waals surface area contributed by atoms with Gasteiger partial charge < -0.3 is 19.4 Å². The number of para-hydroxylation sites is 1. The SMILES string of the molecule is CCn1c(-c2nc3cc(C(=O)N4CCCC(NC(=O)C(F)(F)F)C4)ccc3n2C)cc2ccccc21. The van der Waals surface area contributed by atoms with E-state index in [1.54, 1.807) is 12.1 Å². The van der Waals surface area contributed by atoms with Crippen LogP contribution in [0.3, 0.4) is 0 Å². The first-order valence-electron chi connectivity index (χ1n) is 11.9. The maximum absolute atomic E-state index is 13.2. The molecule has 3 heterocycles. The Kier molecular flexibility index (Phi) is 5.97. The number of nitrogens with one attached hydrogen (secondary N) is 1. The number of alkyl halides is 3. The van der Waals surface area contributed by atoms with Crippen LogP contribution in [0.15, 0.2) is 48.5 Å². The highest BCUT2D eigenvalue weighted by atomic mass is 19.4. The van der Waals surface area contributed by atoms with Crippen LogP contribution in [0.2, 0.25) is 0 Å². The first kappa shape index (κ1) is 23.9. The monoisotopic (exact) mass is 497 g/mol. The molecule has 1 aliphatic rings. The summed E-state index contributed by atoms with van der Waals surface area (Å²) < 4.78 is 42.1. The number of amides is 2. The zero-order valence-electron chi connectivity index (χ0n) is 20.0. The van der Waals surface area contributed by atoms with E-state index < -0.39 is 18.1 Å². The van der Waals surface area contributed by atoms with Crippen LogP contribution in [0.25, 0.3) is 33.5 Å². The molecule has 36 heavy (non-hydrogen) atoms. The van der Waals surface area contributed by atoms with Crippen molar-refractivity contribution in [1.82, 2.24) is 24.3 Å². The molecule has 0 radical (unpaired) electrons. The molecule has 4 aromatic rings. The van der Waals surface area contributed by atoms with Gasteiger partial charge >= 0.3 is 12.1 Å². The van der Waals surface area contributed by atoms with Gasteiger partial charge in [-0.1, -0.05) is 18.2 Å². The Hall–Kier alpha value is -3.82. The molecule has 5 rings (SSSR count). The molecule has 2 aromatic carbocycles. The smallest absolute Gasteiger partial charge is 0.344 e. The Balaban J connectivity index is 1.43. The van der Waals surface area contributed by atoms with E-state index in [9.17, 15) is 22.8 Å². The Morgan fingerprint density at radius 1 is 1.11 bits per heavy atom. The molecule has 1 saturated heterocycles. The molecule has 2 amide bonds. The molecule has 188 valence electrons. The maximum atomic E-state index is 13.2. The Bertz CT molecular complexity index is 1470. The number of imidazole rings is 1. The molecule has 1 aliphatic heterocycles. The summed E-state index contributed by atoms with van der Waals surface area (Å²) in [6.07, 6.45) is -4.05. The van der Waals surface area contributed by atoms with Crippen molar-refractivity contribution >= 4 is 33.8 Å². The fraction of sp³-hybridized carbons (Fsp3) is 0.346. The van der Waals surface area contributed by atoms with Crippen LogP contribution in [0.1, 0.15) is 30.1 Å². The van der Waals surface area contributed by atoms with Gasteiger partial charge in [0.15, 0.2) is 5.82 Å². The number of benzene rings is 2. The van der Waals surface area contributed by atoms with Gasteiger partial charge in [0, 0.05) is 49.2 Å². The number of carbonyl (C=O) groups excluding carboxylic acids is 2. The van der Waals surface area contributed by atoms with E-state index >= 15 is 0 Å². The van der Waals surface area contributed by atoms with Gasteiger partial charge in [0.25, 0.3) is 5.91 Å². The summed E-state index contributed by atoms with van der Waals surface area (Å²) in [6.45, 7) is 3.30. The lowest BCUT2D eigenvalue weighted by molar-refractivity contribution is -0.174. The molecule has 1 unspecified atom stereocenters. The zero-order valence-corrected chi connectivity index (χ0v) is 20.0. The second kappa shape index (κ2) is 9.00. The predicted octanol–water partition coefficient (Wildman–Crippen LogP) is 4.50. The molecule has 0 bridgehead atoms. The molecule has 0 aliphatic carbocycles. The normalized spacial score (nSPS) is 16.6. The van der Waals surface area contributed by atoms with E-state index in [-0.39, 0.29) is 12.5 Å². The summed E-state index contributed by atoms with van der Waals surface area (Å²) in [5.41, 5.74) is 4.03. The van der Waals surface area contributed by atoms with Crippen molar-refractivity contribution in [2.24, 2.45) is 7.05 Å². The first-order chi connectivity index (χ1) is 17.2. The molecule has 1 fully saturated rings. The molecular formula is C26H26F3N5O2. The van der Waals surface area contributed by atoms with Gasteiger partial charge in [-0.3, -0.25) is 9.59 Å². The molecule has 1 N–H and O–H groups in total. The molecule has 0 spiro atoms. The number of aromatic nitrogens is 3. The van der Waals surface area contributed by atoms with E-state index in [0.717, 1.165) is 34.5 Å². The summed E-state index contributed by atoms with van der Waals surface area (Å²) in [6, 6.07) is 14.8. The van der Waals surface area contributed by atoms with Crippen molar-refractivity contribution in [1.29, 1.82) is 0 Å². The minimum Gasteiger partial charge on any atom is -0.344 e. The molecule has 1 atom stereocenters. The lowest BCUT2D eigenvalue weighted by Gasteiger charge is -2.33. The molecule has 2 aromatic heterocycles. The van der Waals surface area contributed by atoms with Crippen LogP contribution in [-0.4, -0.2) is 56.1 Å². The summed E-state index contributed by atoms with van der Waals surface area (Å²) in [4.78, 5) is 30.9. The van der Waals surface area contributed by atoms with Crippen LogP contribution in [-0.2, 0) is 18.4 Å². The van der Waals surface area contributed by atoms with Crippen LogP contribution < -0.4 is 5.32 Å². The summed E-state index contributed by atoms with van der Waals surface area (Å²) >= 11 is 0. The molecule has 0 saturated carbocycles. The molecular weight excluding hydrogens is 471 g/mol. The number of rotatable bonds is 4. The lowest BCUT2D eigenvalue weighted by Crippen LogP contribution is -2.52. The van der Waals surface area contributed by atoms with Crippen molar-refractivity contribution in [3.05, 3.63) is 54.1 Å². The van der Waals surface area contributed by atoms with Crippen molar-refractivity contribution in [3.63, 3.8) is 0 Å². The fourth-order valence-electron chi connectivity index (χ4n) is 5.03. The predicted molar refractivity (Wildman–Crippen MR) is 130 cm³/mol. The number of carbonyl (C=O) groups is 2. The standard InChI is InChI=1S/C26H26F3N5O2/c1-3-34-20-9-5-4-7-16(20)14-22(34)23-31-19-13-17(10-11-21(19)32(23)2)24(35)33-12-6-8-18(15-33)30-25(36)26(27,28)29/h4-5,7,9-11,13-14,18H,3,6,8,12,15H2,1-2H3,(H,30,36). The quantitative estimate of drug-likeness (QED) is 0.451. The number of nitrogens with zero attached hydrogens (tertiary/aromatic N) is 4. The highest BCUT2D eigenvalue weighted by Gasteiger charge is 2.40. The minimum absolute atomic E-state index is 0.0305. The third-order valence-corrected chi connectivity index (χ3v) is 6.78. The second-order valence-corrected chi connectivity index (χ2v) is 9.09. The topological polar surface area (TPSA) is 72.2 Å². The summed E-state index contributed by atoms with van der Waals surface area (Å²) in [7, 11) is 1.93. The average Bonchev–Trinajstić information content (AvgIpc) is 3.39. The van der Waals surface area contributed by atoms with Gasteiger partial charge in [-0.25, -0.2) is 4.98 Å². The van der Waals surface area contributed by atoms with Gasteiger partial charge in [0.2, 0.25) is 0 Å². The van der Waals surface area contributed by atoms with E-state index in [4.69, 9.17) is 4.98 Å². The second-order valence-electron chi connectivity index (χ2n) is 9.09. The number of halogens is 3. The van der Waals surface area contributed by atoms with E-state index in [2.05, 4.69) is 29.7 Å². The number of piperidine rings is 1. The van der Waals surface area contributed by atoms with E-state index in [1.165, 1.54) is 4.90 Å². The number of likely N-dealkylation sites (tertiary alicyclic amines) is 1. The third-order valence-electron chi connectivity index (χ3n) is 6.78. The zero-order chi connectivity index (χ0) is 25.6. The third kappa shape index (κ3) is 4.20. The fourth-order valence-corrected chi connectivity index (χ4v) is 5.03. The van der Waals surface area contributed by atoms with E-state index in [1.807, 2.05) is 35.1 Å². The number of hydrogen-bond donors (Lipinski definition) is 1. The van der Waals surface area contributed by atoms with Crippen molar-refractivity contribution in [2.45, 2.75) is 38.5 Å². The Labute approximate surface area is 205 Å². The van der Waals surface area contributed by atoms with Crippen LogP contribution in [0, 0.1) is 0 Å². The molecule has 10 heteroatoms. The lowest BCUT2D eigenvalue weighted by atomic mass is 10.0.